The molecule has 21 heavy (non-hydrogen) atoms. The third kappa shape index (κ3) is 3.18. The van der Waals surface area contributed by atoms with E-state index in [1.807, 2.05) is 0 Å². The van der Waals surface area contributed by atoms with Crippen molar-refractivity contribution in [1.29, 1.82) is 0 Å². The quantitative estimate of drug-likeness (QED) is 0.835. The van der Waals surface area contributed by atoms with E-state index in [0.717, 1.165) is 12.2 Å². The van der Waals surface area contributed by atoms with E-state index in [1.165, 1.54) is 18.2 Å². The van der Waals surface area contributed by atoms with Gasteiger partial charge in [-0.15, -0.1) is 0 Å². The molecule has 0 saturated heterocycles. The molecular weight excluding hydrogens is 316 g/mol. The molecule has 6 heteroatoms. The molecule has 0 spiro atoms. The Morgan fingerprint density at radius 3 is 2.76 bits per heavy atom. The van der Waals surface area contributed by atoms with Gasteiger partial charge in [0.15, 0.2) is 0 Å². The minimum atomic E-state index is -1.92. The van der Waals surface area contributed by atoms with Gasteiger partial charge in [-0.1, -0.05) is 47.5 Å². The highest BCUT2D eigenvalue weighted by Crippen LogP contribution is 2.44. The monoisotopic (exact) mass is 327 g/mol. The molecule has 1 unspecified atom stereocenters. The van der Waals surface area contributed by atoms with Crippen LogP contribution in [-0.4, -0.2) is 11.0 Å². The predicted molar refractivity (Wildman–Crippen MR) is 80.6 cm³/mol. The van der Waals surface area contributed by atoms with Gasteiger partial charge in [-0.25, -0.2) is 4.39 Å². The first-order valence-corrected chi connectivity index (χ1v) is 6.81. The summed E-state index contributed by atoms with van der Waals surface area (Å²) >= 11 is 12.0. The molecule has 110 valence electrons. The number of carbonyl (C=O) groups excluding carboxylic acids is 1. The fraction of sp³-hybridized carbons (Fsp3) is 0.133. The lowest BCUT2D eigenvalue weighted by molar-refractivity contribution is -0.113. The predicted octanol–water partition coefficient (Wildman–Crippen LogP) is 3.41. The topological polar surface area (TPSA) is 63.3 Å². The van der Waals surface area contributed by atoms with Crippen molar-refractivity contribution in [2.45, 2.75) is 12.0 Å². The maximum atomic E-state index is 14.2. The van der Waals surface area contributed by atoms with Gasteiger partial charge in [-0.05, 0) is 17.7 Å². The molecule has 3 nitrogen and oxygen atoms in total. The molecule has 0 radical (unpaired) electrons. The smallest absolute Gasteiger partial charge is 0.241 e. The molecule has 0 fully saturated rings. The number of aliphatic hydroxyl groups is 1. The van der Waals surface area contributed by atoms with Crippen LogP contribution in [0.4, 0.5) is 4.39 Å². The van der Waals surface area contributed by atoms with E-state index < -0.39 is 17.3 Å². The number of hydrogen-bond donors (Lipinski definition) is 2. The Morgan fingerprint density at radius 1 is 1.38 bits per heavy atom. The summed E-state index contributed by atoms with van der Waals surface area (Å²) in [5.74, 6) is -1.38. The van der Waals surface area contributed by atoms with E-state index in [1.54, 1.807) is 12.1 Å². The SMILES string of the molecule is NC(=O)/C=C/C1=CC=C(F)C(O)(c2cccc(Cl)c2Cl)C1. The number of carbonyl (C=O) groups is 1. The fourth-order valence-electron chi connectivity index (χ4n) is 2.11. The average Bonchev–Trinajstić information content (AvgIpc) is 2.43. The van der Waals surface area contributed by atoms with Gasteiger partial charge in [0.1, 0.15) is 11.4 Å². The van der Waals surface area contributed by atoms with Crippen LogP contribution >= 0.6 is 23.2 Å². The Kier molecular flexibility index (Phi) is 4.52. The summed E-state index contributed by atoms with van der Waals surface area (Å²) in [6.45, 7) is 0. The number of benzene rings is 1. The van der Waals surface area contributed by atoms with Crippen LogP contribution in [0.2, 0.25) is 10.0 Å². The maximum absolute atomic E-state index is 14.2. The second-order valence-electron chi connectivity index (χ2n) is 4.63. The van der Waals surface area contributed by atoms with Crippen LogP contribution < -0.4 is 5.73 Å². The molecule has 1 aliphatic rings. The zero-order chi connectivity index (χ0) is 15.6. The summed E-state index contributed by atoms with van der Waals surface area (Å²) in [6, 6.07) is 4.62. The van der Waals surface area contributed by atoms with Crippen LogP contribution in [0.3, 0.4) is 0 Å². The van der Waals surface area contributed by atoms with Crippen LogP contribution in [0.5, 0.6) is 0 Å². The van der Waals surface area contributed by atoms with Gasteiger partial charge in [0.25, 0.3) is 0 Å². The van der Waals surface area contributed by atoms with E-state index >= 15 is 0 Å². The van der Waals surface area contributed by atoms with Gasteiger partial charge < -0.3 is 10.8 Å². The van der Waals surface area contributed by atoms with Crippen molar-refractivity contribution < 1.29 is 14.3 Å². The molecule has 0 heterocycles. The van der Waals surface area contributed by atoms with E-state index in [-0.39, 0.29) is 22.0 Å². The number of hydrogen-bond acceptors (Lipinski definition) is 2. The summed E-state index contributed by atoms with van der Waals surface area (Å²) in [4.78, 5) is 10.8. The molecular formula is C15H12Cl2FNO2. The third-order valence-corrected chi connectivity index (χ3v) is 3.98. The lowest BCUT2D eigenvalue weighted by Gasteiger charge is -2.31. The van der Waals surface area contributed by atoms with Crippen LogP contribution in [0.25, 0.3) is 0 Å². The Morgan fingerprint density at radius 2 is 2.10 bits per heavy atom. The highest BCUT2D eigenvalue weighted by atomic mass is 35.5. The summed E-state index contributed by atoms with van der Waals surface area (Å²) < 4.78 is 14.2. The number of rotatable bonds is 3. The van der Waals surface area contributed by atoms with Gasteiger partial charge in [0.05, 0.1) is 10.0 Å². The van der Waals surface area contributed by atoms with Crippen molar-refractivity contribution >= 4 is 29.1 Å². The van der Waals surface area contributed by atoms with Gasteiger partial charge >= 0.3 is 0 Å². The summed E-state index contributed by atoms with van der Waals surface area (Å²) in [5.41, 5.74) is 3.80. The van der Waals surface area contributed by atoms with Crippen LogP contribution in [-0.2, 0) is 10.4 Å². The number of halogens is 3. The lowest BCUT2D eigenvalue weighted by atomic mass is 9.82. The van der Waals surface area contributed by atoms with Crippen molar-refractivity contribution in [2.75, 3.05) is 0 Å². The summed E-state index contributed by atoms with van der Waals surface area (Å²) in [7, 11) is 0. The van der Waals surface area contributed by atoms with E-state index in [0.29, 0.717) is 5.57 Å². The highest BCUT2D eigenvalue weighted by Gasteiger charge is 2.38. The molecule has 1 atom stereocenters. The van der Waals surface area contributed by atoms with E-state index in [9.17, 15) is 14.3 Å². The molecule has 0 bridgehead atoms. The minimum absolute atomic E-state index is 0.0842. The van der Waals surface area contributed by atoms with Crippen molar-refractivity contribution in [1.82, 2.24) is 0 Å². The molecule has 1 aromatic rings. The van der Waals surface area contributed by atoms with E-state index in [2.05, 4.69) is 0 Å². The molecule has 2 rings (SSSR count). The molecule has 0 aromatic heterocycles. The first-order chi connectivity index (χ1) is 9.84. The Hall–Kier alpha value is -1.62. The number of allylic oxidation sites excluding steroid dienone is 3. The summed E-state index contributed by atoms with van der Waals surface area (Å²) in [5, 5.41) is 11.0. The van der Waals surface area contributed by atoms with Crippen molar-refractivity contribution in [2.24, 2.45) is 5.73 Å². The van der Waals surface area contributed by atoms with Crippen molar-refractivity contribution in [3.8, 4) is 0 Å². The number of nitrogens with two attached hydrogens (primary N) is 1. The van der Waals surface area contributed by atoms with Gasteiger partial charge in [0, 0.05) is 18.1 Å². The first kappa shape index (κ1) is 15.8. The van der Waals surface area contributed by atoms with Gasteiger partial charge in [-0.3, -0.25) is 4.79 Å². The van der Waals surface area contributed by atoms with Crippen LogP contribution in [0.1, 0.15) is 12.0 Å². The standard InChI is InChI=1S/C15H12Cl2FNO2/c16-11-3-1-2-10(14(11)17)15(21)8-9(4-6-12(15)18)5-7-13(19)20/h1-7,21H,8H2,(H2,19,20)/b7-5+. The fourth-order valence-corrected chi connectivity index (χ4v) is 2.56. The zero-order valence-corrected chi connectivity index (χ0v) is 12.3. The molecule has 1 aliphatic carbocycles. The van der Waals surface area contributed by atoms with Crippen molar-refractivity contribution in [3.05, 3.63) is 69.5 Å². The Bertz CT molecular complexity index is 682. The average molecular weight is 328 g/mol. The zero-order valence-electron chi connectivity index (χ0n) is 10.8. The Labute approximate surface area is 131 Å². The normalized spacial score (nSPS) is 22.1. The van der Waals surface area contributed by atoms with E-state index in [4.69, 9.17) is 28.9 Å². The third-order valence-electron chi connectivity index (χ3n) is 3.16. The minimum Gasteiger partial charge on any atom is -0.378 e. The number of amides is 1. The second kappa shape index (κ2) is 6.02. The molecule has 1 aromatic carbocycles. The molecule has 0 saturated carbocycles. The van der Waals surface area contributed by atoms with Crippen molar-refractivity contribution in [3.63, 3.8) is 0 Å². The first-order valence-electron chi connectivity index (χ1n) is 6.06. The number of primary amides is 1. The van der Waals surface area contributed by atoms with Crippen LogP contribution in [0, 0.1) is 0 Å². The maximum Gasteiger partial charge on any atom is 0.241 e. The second-order valence-corrected chi connectivity index (χ2v) is 5.42. The highest BCUT2D eigenvalue weighted by molar-refractivity contribution is 6.42. The lowest BCUT2D eigenvalue weighted by Crippen LogP contribution is -2.29. The molecule has 3 N–H and O–H groups in total. The molecule has 0 aliphatic heterocycles. The largest absolute Gasteiger partial charge is 0.378 e. The Balaban J connectivity index is 2.44. The van der Waals surface area contributed by atoms with Gasteiger partial charge in [0.2, 0.25) is 5.91 Å². The van der Waals surface area contributed by atoms with Crippen LogP contribution in [0.15, 0.2) is 53.9 Å². The van der Waals surface area contributed by atoms with Gasteiger partial charge in [-0.2, -0.15) is 0 Å². The molecule has 1 amide bonds. The summed E-state index contributed by atoms with van der Waals surface area (Å²) in [6.07, 6.45) is 5.07.